The number of hydrogen-bond donors (Lipinski definition) is 2. The fraction of sp³-hybridized carbons (Fsp3) is 0.353. The summed E-state index contributed by atoms with van der Waals surface area (Å²) >= 11 is 1.27. The predicted molar refractivity (Wildman–Crippen MR) is 98.4 cm³/mol. The maximum absolute atomic E-state index is 12.0. The number of thioether (sulfide) groups is 1. The van der Waals surface area contributed by atoms with Gasteiger partial charge in [0.1, 0.15) is 5.82 Å². The maximum Gasteiger partial charge on any atom is 0.235 e. The lowest BCUT2D eigenvalue weighted by Crippen LogP contribution is -2.20. The molecule has 2 aromatic rings. The van der Waals surface area contributed by atoms with Crippen LogP contribution in [0.15, 0.2) is 36.5 Å². The van der Waals surface area contributed by atoms with Crippen LogP contribution in [0.4, 0.5) is 11.5 Å². The summed E-state index contributed by atoms with van der Waals surface area (Å²) in [7, 11) is 0. The molecule has 0 aliphatic carbocycles. The number of anilines is 2. The Morgan fingerprint density at radius 1 is 1.08 bits per heavy atom. The van der Waals surface area contributed by atoms with Gasteiger partial charge >= 0.3 is 0 Å². The van der Waals surface area contributed by atoms with Crippen molar-refractivity contribution >= 4 is 35.1 Å². The summed E-state index contributed by atoms with van der Waals surface area (Å²) in [6.45, 7) is 5.98. The Labute approximate surface area is 146 Å². The van der Waals surface area contributed by atoms with Gasteiger partial charge in [0.05, 0.1) is 17.7 Å². The normalized spacial score (nSPS) is 10.7. The van der Waals surface area contributed by atoms with E-state index in [1.807, 2.05) is 45.0 Å². The molecule has 24 heavy (non-hydrogen) atoms. The van der Waals surface area contributed by atoms with E-state index in [2.05, 4.69) is 15.7 Å². The van der Waals surface area contributed by atoms with Gasteiger partial charge in [0.25, 0.3) is 0 Å². The number of aromatic nitrogens is 2. The number of rotatable bonds is 7. The van der Waals surface area contributed by atoms with Gasteiger partial charge in [-0.05, 0) is 32.9 Å². The second-order valence-electron chi connectivity index (χ2n) is 5.71. The van der Waals surface area contributed by atoms with E-state index < -0.39 is 0 Å². The number of carbonyl (C=O) groups excluding carboxylic acids is 2. The third kappa shape index (κ3) is 5.42. The molecule has 0 saturated carbocycles. The largest absolute Gasteiger partial charge is 0.325 e. The molecule has 2 rings (SSSR count). The van der Waals surface area contributed by atoms with Crippen LogP contribution in [0.2, 0.25) is 0 Å². The monoisotopic (exact) mass is 346 g/mol. The van der Waals surface area contributed by atoms with Crippen molar-refractivity contribution in [1.29, 1.82) is 0 Å². The quantitative estimate of drug-likeness (QED) is 0.808. The highest BCUT2D eigenvalue weighted by Crippen LogP contribution is 2.14. The summed E-state index contributed by atoms with van der Waals surface area (Å²) in [4.78, 5) is 23.8. The van der Waals surface area contributed by atoms with Gasteiger partial charge in [0, 0.05) is 17.8 Å². The van der Waals surface area contributed by atoms with Crippen molar-refractivity contribution < 1.29 is 9.59 Å². The fourth-order valence-corrected chi connectivity index (χ4v) is 2.69. The summed E-state index contributed by atoms with van der Waals surface area (Å²) in [5.41, 5.74) is 1.90. The first-order valence-corrected chi connectivity index (χ1v) is 8.89. The van der Waals surface area contributed by atoms with Crippen molar-refractivity contribution in [2.24, 2.45) is 0 Å². The predicted octanol–water partition coefficient (Wildman–Crippen LogP) is 3.08. The molecule has 0 aliphatic heterocycles. The molecule has 0 spiro atoms. The highest BCUT2D eigenvalue weighted by atomic mass is 32.2. The summed E-state index contributed by atoms with van der Waals surface area (Å²) in [5.74, 6) is 0.837. The van der Waals surface area contributed by atoms with Crippen molar-refractivity contribution in [2.75, 3.05) is 22.1 Å². The third-order valence-corrected chi connectivity index (χ3v) is 4.16. The number of aryl methyl sites for hydroxylation is 1. The van der Waals surface area contributed by atoms with Crippen molar-refractivity contribution in [2.45, 2.75) is 26.8 Å². The van der Waals surface area contributed by atoms with E-state index in [1.54, 1.807) is 16.9 Å². The molecule has 7 heteroatoms. The lowest BCUT2D eigenvalue weighted by Gasteiger charge is -2.11. The molecule has 1 heterocycles. The molecule has 0 bridgehead atoms. The minimum atomic E-state index is -0.148. The number of carbonyl (C=O) groups is 2. The Bertz CT molecular complexity index is 695. The van der Waals surface area contributed by atoms with Crippen molar-refractivity contribution in [1.82, 2.24) is 9.78 Å². The number of nitrogens with zero attached hydrogens (tertiary/aromatic N) is 2. The van der Waals surface area contributed by atoms with Crippen LogP contribution < -0.4 is 10.6 Å². The SMILES string of the molecule is Cc1ccc(NC(=O)CSCC(=O)Nc2ccnn2C(C)C)cc1. The number of benzene rings is 1. The molecule has 0 atom stereocenters. The van der Waals surface area contributed by atoms with Crippen LogP contribution in [0, 0.1) is 6.92 Å². The van der Waals surface area contributed by atoms with Crippen molar-refractivity contribution in [3.63, 3.8) is 0 Å². The van der Waals surface area contributed by atoms with Gasteiger partial charge in [-0.15, -0.1) is 11.8 Å². The molecule has 1 aromatic carbocycles. The minimum Gasteiger partial charge on any atom is -0.325 e. The van der Waals surface area contributed by atoms with Crippen LogP contribution in [-0.4, -0.2) is 33.1 Å². The molecule has 2 N–H and O–H groups in total. The standard InChI is InChI=1S/C17H22N4O2S/c1-12(2)21-15(8-9-18-21)20-17(23)11-24-10-16(22)19-14-6-4-13(3)5-7-14/h4-9,12H,10-11H2,1-3H3,(H,19,22)(H,20,23). The Kier molecular flexibility index (Phi) is 6.43. The topological polar surface area (TPSA) is 76.0 Å². The van der Waals surface area contributed by atoms with Crippen LogP contribution >= 0.6 is 11.8 Å². The Hall–Kier alpha value is -2.28. The van der Waals surface area contributed by atoms with Crippen LogP contribution in [0.1, 0.15) is 25.5 Å². The molecular formula is C17H22N4O2S. The first-order chi connectivity index (χ1) is 11.5. The van der Waals surface area contributed by atoms with E-state index in [4.69, 9.17) is 0 Å². The van der Waals surface area contributed by atoms with Gasteiger partial charge in [-0.1, -0.05) is 17.7 Å². The first-order valence-electron chi connectivity index (χ1n) is 7.73. The summed E-state index contributed by atoms with van der Waals surface area (Å²) in [6.07, 6.45) is 1.65. The lowest BCUT2D eigenvalue weighted by molar-refractivity contribution is -0.114. The average molecular weight is 346 g/mol. The van der Waals surface area contributed by atoms with Crippen LogP contribution in [0.3, 0.4) is 0 Å². The summed E-state index contributed by atoms with van der Waals surface area (Å²) < 4.78 is 1.74. The van der Waals surface area contributed by atoms with Crippen molar-refractivity contribution in [3.05, 3.63) is 42.1 Å². The van der Waals surface area contributed by atoms with Crippen LogP contribution in [-0.2, 0) is 9.59 Å². The van der Waals surface area contributed by atoms with E-state index in [0.29, 0.717) is 5.82 Å². The van der Waals surface area contributed by atoms with Gasteiger partial charge in [0.2, 0.25) is 11.8 Å². The Morgan fingerprint density at radius 3 is 2.33 bits per heavy atom. The second-order valence-corrected chi connectivity index (χ2v) is 6.70. The Morgan fingerprint density at radius 2 is 1.71 bits per heavy atom. The molecule has 0 radical (unpaired) electrons. The van der Waals surface area contributed by atoms with E-state index in [0.717, 1.165) is 11.3 Å². The highest BCUT2D eigenvalue weighted by Gasteiger charge is 2.10. The molecule has 6 nitrogen and oxygen atoms in total. The van der Waals surface area contributed by atoms with E-state index in [1.165, 1.54) is 11.8 Å². The average Bonchev–Trinajstić information content (AvgIpc) is 2.98. The van der Waals surface area contributed by atoms with Gasteiger partial charge < -0.3 is 10.6 Å². The first kappa shape index (κ1) is 18.1. The number of hydrogen-bond acceptors (Lipinski definition) is 4. The van der Waals surface area contributed by atoms with Crippen LogP contribution in [0.25, 0.3) is 0 Å². The van der Waals surface area contributed by atoms with E-state index in [9.17, 15) is 9.59 Å². The van der Waals surface area contributed by atoms with Crippen LogP contribution in [0.5, 0.6) is 0 Å². The van der Waals surface area contributed by atoms with Gasteiger partial charge in [-0.25, -0.2) is 4.68 Å². The molecule has 0 saturated heterocycles. The zero-order valence-corrected chi connectivity index (χ0v) is 14.9. The zero-order chi connectivity index (χ0) is 17.5. The maximum atomic E-state index is 12.0. The smallest absolute Gasteiger partial charge is 0.235 e. The second kappa shape index (κ2) is 8.54. The molecule has 2 amide bonds. The molecule has 0 fully saturated rings. The van der Waals surface area contributed by atoms with Gasteiger partial charge in [-0.2, -0.15) is 5.10 Å². The number of amides is 2. The van der Waals surface area contributed by atoms with Gasteiger partial charge in [-0.3, -0.25) is 9.59 Å². The molecule has 128 valence electrons. The molecule has 1 aromatic heterocycles. The molecule has 0 aliphatic rings. The summed E-state index contributed by atoms with van der Waals surface area (Å²) in [6, 6.07) is 9.52. The summed E-state index contributed by atoms with van der Waals surface area (Å²) in [5, 5.41) is 9.78. The molecular weight excluding hydrogens is 324 g/mol. The highest BCUT2D eigenvalue weighted by molar-refractivity contribution is 8.00. The molecule has 0 unspecified atom stereocenters. The van der Waals surface area contributed by atoms with E-state index in [-0.39, 0.29) is 29.4 Å². The lowest BCUT2D eigenvalue weighted by atomic mass is 10.2. The number of nitrogens with one attached hydrogen (secondary N) is 2. The van der Waals surface area contributed by atoms with Gasteiger partial charge in [0.15, 0.2) is 0 Å². The third-order valence-electron chi connectivity index (χ3n) is 3.23. The van der Waals surface area contributed by atoms with Crippen molar-refractivity contribution in [3.8, 4) is 0 Å². The zero-order valence-electron chi connectivity index (χ0n) is 14.1. The van der Waals surface area contributed by atoms with E-state index >= 15 is 0 Å². The Balaban J connectivity index is 1.73. The fourth-order valence-electron chi connectivity index (χ4n) is 2.07. The minimum absolute atomic E-state index is 0.121.